The van der Waals surface area contributed by atoms with Crippen LogP contribution in [0.3, 0.4) is 0 Å². The van der Waals surface area contributed by atoms with E-state index in [4.69, 9.17) is 5.73 Å². The van der Waals surface area contributed by atoms with E-state index in [0.29, 0.717) is 0 Å². The molecule has 2 fully saturated rings. The van der Waals surface area contributed by atoms with Gasteiger partial charge in [-0.3, -0.25) is 0 Å². The Balaban J connectivity index is 1.68. The Labute approximate surface area is 104 Å². The highest BCUT2D eigenvalue weighted by atomic mass is 14.9. The van der Waals surface area contributed by atoms with E-state index < -0.39 is 0 Å². The van der Waals surface area contributed by atoms with Gasteiger partial charge in [-0.05, 0) is 42.7 Å². The van der Waals surface area contributed by atoms with Gasteiger partial charge in [0.15, 0.2) is 0 Å². The molecule has 0 aromatic heterocycles. The molecule has 0 spiro atoms. The predicted octanol–water partition coefficient (Wildman–Crippen LogP) is 3.45. The van der Waals surface area contributed by atoms with Crippen LogP contribution in [0.5, 0.6) is 0 Å². The smallest absolute Gasteiger partial charge is 0.0230 e. The van der Waals surface area contributed by atoms with Gasteiger partial charge in [0.1, 0.15) is 0 Å². The zero-order chi connectivity index (χ0) is 11.9. The first-order valence-electron chi connectivity index (χ1n) is 7.02. The number of nitrogens with two attached hydrogens (primary N) is 1. The molecule has 17 heavy (non-hydrogen) atoms. The van der Waals surface area contributed by atoms with Gasteiger partial charge in [-0.2, -0.15) is 0 Å². The molecule has 0 saturated heterocycles. The summed E-state index contributed by atoms with van der Waals surface area (Å²) >= 11 is 0. The molecule has 0 aliphatic heterocycles. The van der Waals surface area contributed by atoms with Crippen LogP contribution in [-0.2, 0) is 6.42 Å². The van der Waals surface area contributed by atoms with Crippen molar-refractivity contribution in [1.82, 2.24) is 0 Å². The van der Waals surface area contributed by atoms with Crippen LogP contribution in [0.15, 0.2) is 24.3 Å². The summed E-state index contributed by atoms with van der Waals surface area (Å²) in [5.41, 5.74) is 9.55. The highest BCUT2D eigenvalue weighted by Gasteiger charge is 2.54. The molecule has 3 rings (SSSR count). The SMILES string of the molecule is Cc1ccccc1CC1(N)CC1C1CCCC1. The molecule has 2 aliphatic rings. The van der Waals surface area contributed by atoms with Crippen molar-refractivity contribution < 1.29 is 0 Å². The largest absolute Gasteiger partial charge is 0.325 e. The molecule has 0 heterocycles. The van der Waals surface area contributed by atoms with E-state index >= 15 is 0 Å². The van der Waals surface area contributed by atoms with E-state index in [0.717, 1.165) is 18.3 Å². The average molecular weight is 229 g/mol. The van der Waals surface area contributed by atoms with E-state index in [9.17, 15) is 0 Å². The van der Waals surface area contributed by atoms with Gasteiger partial charge in [0, 0.05) is 5.54 Å². The van der Waals surface area contributed by atoms with Gasteiger partial charge in [0.2, 0.25) is 0 Å². The van der Waals surface area contributed by atoms with Crippen molar-refractivity contribution in [3.8, 4) is 0 Å². The maximum Gasteiger partial charge on any atom is 0.0230 e. The van der Waals surface area contributed by atoms with Crippen molar-refractivity contribution >= 4 is 0 Å². The minimum Gasteiger partial charge on any atom is -0.325 e. The molecule has 0 radical (unpaired) electrons. The van der Waals surface area contributed by atoms with Crippen LogP contribution in [-0.4, -0.2) is 5.54 Å². The Morgan fingerprint density at radius 1 is 1.24 bits per heavy atom. The minimum absolute atomic E-state index is 0.126. The average Bonchev–Trinajstić information content (AvgIpc) is 2.79. The summed E-state index contributed by atoms with van der Waals surface area (Å²) in [6, 6.07) is 8.70. The molecule has 1 aromatic rings. The monoisotopic (exact) mass is 229 g/mol. The minimum atomic E-state index is 0.126. The van der Waals surface area contributed by atoms with Crippen molar-refractivity contribution in [3.05, 3.63) is 35.4 Å². The number of hydrogen-bond acceptors (Lipinski definition) is 1. The summed E-state index contributed by atoms with van der Waals surface area (Å²) in [6.45, 7) is 2.20. The molecule has 2 saturated carbocycles. The standard InChI is InChI=1S/C16H23N/c1-12-6-2-3-9-14(12)10-16(17)11-15(16)13-7-4-5-8-13/h2-3,6,9,13,15H,4-5,7-8,10-11,17H2,1H3. The second kappa shape index (κ2) is 4.13. The van der Waals surface area contributed by atoms with Gasteiger partial charge >= 0.3 is 0 Å². The first-order valence-corrected chi connectivity index (χ1v) is 7.02. The van der Waals surface area contributed by atoms with Crippen LogP contribution in [0, 0.1) is 18.8 Å². The fraction of sp³-hybridized carbons (Fsp3) is 0.625. The normalized spacial score (nSPS) is 32.9. The highest BCUT2D eigenvalue weighted by molar-refractivity contribution is 5.30. The number of benzene rings is 1. The van der Waals surface area contributed by atoms with E-state index in [1.807, 2.05) is 0 Å². The second-order valence-electron chi connectivity index (χ2n) is 6.19. The molecule has 2 N–H and O–H groups in total. The first kappa shape index (κ1) is 11.3. The van der Waals surface area contributed by atoms with Crippen molar-refractivity contribution in [2.75, 3.05) is 0 Å². The maximum absolute atomic E-state index is 6.57. The Kier molecular flexibility index (Phi) is 2.74. The van der Waals surface area contributed by atoms with Crippen molar-refractivity contribution in [2.24, 2.45) is 17.6 Å². The summed E-state index contributed by atoms with van der Waals surface area (Å²) in [5.74, 6) is 1.74. The van der Waals surface area contributed by atoms with Gasteiger partial charge in [-0.1, -0.05) is 49.9 Å². The Hall–Kier alpha value is -0.820. The Morgan fingerprint density at radius 2 is 1.94 bits per heavy atom. The van der Waals surface area contributed by atoms with E-state index in [1.165, 1.54) is 43.2 Å². The third-order valence-corrected chi connectivity index (χ3v) is 4.93. The quantitative estimate of drug-likeness (QED) is 0.844. The van der Waals surface area contributed by atoms with Gasteiger partial charge < -0.3 is 5.73 Å². The zero-order valence-corrected chi connectivity index (χ0v) is 10.8. The molecule has 1 nitrogen and oxygen atoms in total. The van der Waals surface area contributed by atoms with Crippen LogP contribution in [0.25, 0.3) is 0 Å². The highest BCUT2D eigenvalue weighted by Crippen LogP contribution is 2.53. The number of hydrogen-bond donors (Lipinski definition) is 1. The maximum atomic E-state index is 6.57. The van der Waals surface area contributed by atoms with Crippen molar-refractivity contribution in [1.29, 1.82) is 0 Å². The molecule has 2 unspecified atom stereocenters. The topological polar surface area (TPSA) is 26.0 Å². The van der Waals surface area contributed by atoms with Gasteiger partial charge in [-0.15, -0.1) is 0 Å². The van der Waals surface area contributed by atoms with Gasteiger partial charge in [0.25, 0.3) is 0 Å². The molecule has 2 atom stereocenters. The van der Waals surface area contributed by atoms with E-state index in [-0.39, 0.29) is 5.54 Å². The molecular weight excluding hydrogens is 206 g/mol. The summed E-state index contributed by atoms with van der Waals surface area (Å²) in [7, 11) is 0. The lowest BCUT2D eigenvalue weighted by molar-refractivity contribution is 0.421. The fourth-order valence-corrected chi connectivity index (χ4v) is 3.71. The fourth-order valence-electron chi connectivity index (χ4n) is 3.71. The Bertz CT molecular complexity index is 406. The third-order valence-electron chi connectivity index (χ3n) is 4.93. The van der Waals surface area contributed by atoms with Gasteiger partial charge in [0.05, 0.1) is 0 Å². The summed E-state index contributed by atoms with van der Waals surface area (Å²) in [4.78, 5) is 0. The Morgan fingerprint density at radius 3 is 2.65 bits per heavy atom. The molecule has 0 amide bonds. The van der Waals surface area contributed by atoms with Gasteiger partial charge in [-0.25, -0.2) is 0 Å². The van der Waals surface area contributed by atoms with Crippen LogP contribution in [0.4, 0.5) is 0 Å². The first-order chi connectivity index (χ1) is 8.19. The van der Waals surface area contributed by atoms with Crippen LogP contribution in [0.2, 0.25) is 0 Å². The molecule has 1 heteroatoms. The summed E-state index contributed by atoms with van der Waals surface area (Å²) in [6.07, 6.45) is 8.06. The second-order valence-corrected chi connectivity index (χ2v) is 6.19. The molecule has 0 bridgehead atoms. The number of rotatable bonds is 3. The summed E-state index contributed by atoms with van der Waals surface area (Å²) < 4.78 is 0. The number of aryl methyl sites for hydroxylation is 1. The van der Waals surface area contributed by atoms with Crippen LogP contribution < -0.4 is 5.73 Å². The van der Waals surface area contributed by atoms with Crippen LogP contribution in [0.1, 0.15) is 43.2 Å². The van der Waals surface area contributed by atoms with Crippen LogP contribution >= 0.6 is 0 Å². The van der Waals surface area contributed by atoms with E-state index in [1.54, 1.807) is 0 Å². The van der Waals surface area contributed by atoms with Crippen molar-refractivity contribution in [2.45, 2.75) is 51.0 Å². The summed E-state index contributed by atoms with van der Waals surface area (Å²) in [5, 5.41) is 0. The molecule has 1 aromatic carbocycles. The lowest BCUT2D eigenvalue weighted by Gasteiger charge is -2.16. The lowest BCUT2D eigenvalue weighted by Crippen LogP contribution is -2.30. The molecular formula is C16H23N. The molecule has 2 aliphatic carbocycles. The zero-order valence-electron chi connectivity index (χ0n) is 10.8. The molecule has 92 valence electrons. The van der Waals surface area contributed by atoms with Crippen molar-refractivity contribution in [3.63, 3.8) is 0 Å². The predicted molar refractivity (Wildman–Crippen MR) is 71.9 cm³/mol. The lowest BCUT2D eigenvalue weighted by atomic mass is 9.93. The van der Waals surface area contributed by atoms with E-state index in [2.05, 4.69) is 31.2 Å². The third kappa shape index (κ3) is 2.13.